The molecule has 4 heteroatoms. The van der Waals surface area contributed by atoms with E-state index < -0.39 is 5.97 Å². The smallest absolute Gasteiger partial charge is 0.284 e. The summed E-state index contributed by atoms with van der Waals surface area (Å²) >= 11 is 0. The summed E-state index contributed by atoms with van der Waals surface area (Å²) in [7, 11) is 0. The third-order valence-electron chi connectivity index (χ3n) is 3.00. The van der Waals surface area contributed by atoms with Gasteiger partial charge in [0.25, 0.3) is 5.97 Å². The highest BCUT2D eigenvalue weighted by molar-refractivity contribution is 4.79. The van der Waals surface area contributed by atoms with E-state index in [2.05, 4.69) is 13.5 Å². The molecule has 4 nitrogen and oxygen atoms in total. The summed E-state index contributed by atoms with van der Waals surface area (Å²) in [5, 5.41) is 0. The van der Waals surface area contributed by atoms with Crippen LogP contribution in [0.2, 0.25) is 0 Å². The van der Waals surface area contributed by atoms with Crippen molar-refractivity contribution in [2.75, 3.05) is 13.2 Å². The molecule has 0 aromatic rings. The van der Waals surface area contributed by atoms with E-state index in [0.717, 1.165) is 19.3 Å². The van der Waals surface area contributed by atoms with E-state index >= 15 is 0 Å². The molecule has 2 atom stereocenters. The highest BCUT2D eigenvalue weighted by Gasteiger charge is 2.37. The van der Waals surface area contributed by atoms with Crippen LogP contribution in [0, 0.1) is 0 Å². The minimum Gasteiger partial charge on any atom is -0.345 e. The molecule has 0 N–H and O–H groups in total. The van der Waals surface area contributed by atoms with Gasteiger partial charge in [0.15, 0.2) is 6.29 Å². The van der Waals surface area contributed by atoms with Crippen LogP contribution in [0.25, 0.3) is 0 Å². The van der Waals surface area contributed by atoms with Gasteiger partial charge in [-0.25, -0.2) is 0 Å². The van der Waals surface area contributed by atoms with Gasteiger partial charge in [-0.2, -0.15) is 0 Å². The van der Waals surface area contributed by atoms with Gasteiger partial charge in [0.1, 0.15) is 0 Å². The maximum Gasteiger partial charge on any atom is 0.284 e. The molecule has 0 aliphatic carbocycles. The number of hydrogen-bond acceptors (Lipinski definition) is 4. The molecule has 106 valence electrons. The molecule has 0 amide bonds. The number of rotatable bonds is 8. The van der Waals surface area contributed by atoms with Gasteiger partial charge in [0, 0.05) is 6.42 Å². The molecular formula is C14H26O4. The van der Waals surface area contributed by atoms with Crippen LogP contribution in [-0.2, 0) is 18.9 Å². The predicted molar refractivity (Wildman–Crippen MR) is 70.1 cm³/mol. The van der Waals surface area contributed by atoms with Gasteiger partial charge >= 0.3 is 0 Å². The highest BCUT2D eigenvalue weighted by Crippen LogP contribution is 2.27. The van der Waals surface area contributed by atoms with Gasteiger partial charge in [-0.3, -0.25) is 4.74 Å². The largest absolute Gasteiger partial charge is 0.345 e. The van der Waals surface area contributed by atoms with E-state index in [4.69, 9.17) is 18.9 Å². The molecule has 2 unspecified atom stereocenters. The summed E-state index contributed by atoms with van der Waals surface area (Å²) in [5.41, 5.74) is 0. The summed E-state index contributed by atoms with van der Waals surface area (Å²) in [5.74, 6) is -0.932. The molecule has 1 aliphatic heterocycles. The Morgan fingerprint density at radius 1 is 1.22 bits per heavy atom. The van der Waals surface area contributed by atoms with Gasteiger partial charge in [-0.1, -0.05) is 26.8 Å². The fourth-order valence-corrected chi connectivity index (χ4v) is 1.83. The van der Waals surface area contributed by atoms with Gasteiger partial charge < -0.3 is 14.2 Å². The molecule has 0 spiro atoms. The molecule has 1 heterocycles. The maximum atomic E-state index is 5.90. The lowest BCUT2D eigenvalue weighted by atomic mass is 10.3. The fraction of sp³-hybridized carbons (Fsp3) is 0.857. The van der Waals surface area contributed by atoms with Gasteiger partial charge in [0.05, 0.1) is 19.3 Å². The third-order valence-corrected chi connectivity index (χ3v) is 3.00. The Balaban J connectivity index is 2.56. The van der Waals surface area contributed by atoms with Gasteiger partial charge in [-0.05, 0) is 19.3 Å². The molecule has 18 heavy (non-hydrogen) atoms. The second-order valence-electron chi connectivity index (χ2n) is 4.36. The molecule has 0 bridgehead atoms. The van der Waals surface area contributed by atoms with Crippen molar-refractivity contribution < 1.29 is 18.9 Å². The zero-order chi connectivity index (χ0) is 13.4. The molecule has 0 radical (unpaired) electrons. The molecule has 1 fully saturated rings. The summed E-state index contributed by atoms with van der Waals surface area (Å²) in [6, 6.07) is 0. The zero-order valence-corrected chi connectivity index (χ0v) is 11.8. The van der Waals surface area contributed by atoms with Gasteiger partial charge in [0.2, 0.25) is 0 Å². The molecule has 1 rings (SSSR count). The predicted octanol–water partition coefficient (Wildman–Crippen LogP) is 3.22. The van der Waals surface area contributed by atoms with E-state index in [1.807, 2.05) is 13.8 Å². The summed E-state index contributed by atoms with van der Waals surface area (Å²) in [6.07, 6.45) is 4.67. The van der Waals surface area contributed by atoms with E-state index in [1.54, 1.807) is 6.08 Å². The standard InChI is InChI=1S/C14H26O4/c1-5-12(6-2)17-13(7-3)18-14(8-4)15-10-9-11-16-14/h5,12-13H,1,6-11H2,2-4H3. The first-order chi connectivity index (χ1) is 8.69. The minimum atomic E-state index is -0.932. The summed E-state index contributed by atoms with van der Waals surface area (Å²) in [4.78, 5) is 0. The Hall–Kier alpha value is -0.420. The van der Waals surface area contributed by atoms with Crippen molar-refractivity contribution in [3.63, 3.8) is 0 Å². The average molecular weight is 258 g/mol. The Bertz CT molecular complexity index is 236. The summed E-state index contributed by atoms with van der Waals surface area (Å²) in [6.45, 7) is 11.2. The van der Waals surface area contributed by atoms with Crippen LogP contribution in [0.15, 0.2) is 12.7 Å². The molecule has 0 saturated carbocycles. The van der Waals surface area contributed by atoms with Crippen LogP contribution in [0.4, 0.5) is 0 Å². The Kier molecular flexibility index (Phi) is 6.86. The van der Waals surface area contributed by atoms with E-state index in [0.29, 0.717) is 19.6 Å². The van der Waals surface area contributed by atoms with E-state index in [-0.39, 0.29) is 12.4 Å². The first-order valence-electron chi connectivity index (χ1n) is 6.93. The Morgan fingerprint density at radius 3 is 2.33 bits per heavy atom. The average Bonchev–Trinajstić information content (AvgIpc) is 2.44. The van der Waals surface area contributed by atoms with Crippen LogP contribution < -0.4 is 0 Å². The van der Waals surface area contributed by atoms with Gasteiger partial charge in [-0.15, -0.1) is 6.58 Å². The SMILES string of the molecule is C=CC(CC)OC(CC)OC1(CC)OCCCO1. The topological polar surface area (TPSA) is 36.9 Å². The normalized spacial score (nSPS) is 22.4. The van der Waals surface area contributed by atoms with Crippen LogP contribution in [-0.4, -0.2) is 31.6 Å². The highest BCUT2D eigenvalue weighted by atomic mass is 16.9. The van der Waals surface area contributed by atoms with E-state index in [1.165, 1.54) is 0 Å². The van der Waals surface area contributed by atoms with Crippen molar-refractivity contribution >= 4 is 0 Å². The van der Waals surface area contributed by atoms with Crippen molar-refractivity contribution in [3.05, 3.63) is 12.7 Å². The van der Waals surface area contributed by atoms with Crippen molar-refractivity contribution in [1.82, 2.24) is 0 Å². The van der Waals surface area contributed by atoms with Crippen LogP contribution in [0.5, 0.6) is 0 Å². The lowest BCUT2D eigenvalue weighted by Crippen LogP contribution is -2.46. The first kappa shape index (κ1) is 15.6. The van der Waals surface area contributed by atoms with Crippen LogP contribution in [0.3, 0.4) is 0 Å². The summed E-state index contributed by atoms with van der Waals surface area (Å²) < 4.78 is 23.0. The molecule has 0 aromatic heterocycles. The Labute approximate surface area is 110 Å². The third kappa shape index (κ3) is 4.35. The quantitative estimate of drug-likeness (QED) is 0.495. The van der Waals surface area contributed by atoms with Crippen LogP contribution in [0.1, 0.15) is 46.5 Å². The molecule has 1 aliphatic rings. The van der Waals surface area contributed by atoms with Crippen LogP contribution >= 0.6 is 0 Å². The van der Waals surface area contributed by atoms with Crippen molar-refractivity contribution in [3.8, 4) is 0 Å². The number of hydrogen-bond donors (Lipinski definition) is 0. The number of ether oxygens (including phenoxy) is 4. The second kappa shape index (κ2) is 7.89. The molecular weight excluding hydrogens is 232 g/mol. The minimum absolute atomic E-state index is 0.00690. The Morgan fingerprint density at radius 2 is 1.89 bits per heavy atom. The lowest BCUT2D eigenvalue weighted by Gasteiger charge is -2.38. The monoisotopic (exact) mass is 258 g/mol. The second-order valence-corrected chi connectivity index (χ2v) is 4.36. The van der Waals surface area contributed by atoms with E-state index in [9.17, 15) is 0 Å². The molecule has 1 saturated heterocycles. The maximum absolute atomic E-state index is 5.90. The van der Waals surface area contributed by atoms with Crippen molar-refractivity contribution in [2.24, 2.45) is 0 Å². The van der Waals surface area contributed by atoms with Crippen molar-refractivity contribution in [2.45, 2.75) is 64.8 Å². The van der Waals surface area contributed by atoms with Crippen molar-refractivity contribution in [1.29, 1.82) is 0 Å². The zero-order valence-electron chi connectivity index (χ0n) is 11.8. The lowest BCUT2D eigenvalue weighted by molar-refractivity contribution is -0.436. The molecule has 0 aromatic carbocycles. The fourth-order valence-electron chi connectivity index (χ4n) is 1.83. The first-order valence-corrected chi connectivity index (χ1v) is 6.93.